The van der Waals surface area contributed by atoms with Crippen LogP contribution in [0.3, 0.4) is 0 Å². The van der Waals surface area contributed by atoms with Gasteiger partial charge in [-0.2, -0.15) is 0 Å². The van der Waals surface area contributed by atoms with E-state index < -0.39 is 7.12 Å². The molecule has 0 fully saturated rings. The van der Waals surface area contributed by atoms with Gasteiger partial charge >= 0.3 is 7.12 Å². The van der Waals surface area contributed by atoms with E-state index in [0.29, 0.717) is 12.1 Å². The van der Waals surface area contributed by atoms with Crippen molar-refractivity contribution < 1.29 is 14.8 Å². The number of aromatic nitrogens is 1. The molecule has 18 heavy (non-hydrogen) atoms. The number of benzene rings is 1. The van der Waals surface area contributed by atoms with Gasteiger partial charge in [-0.1, -0.05) is 18.2 Å². The van der Waals surface area contributed by atoms with Gasteiger partial charge in [-0.15, -0.1) is 0 Å². The summed E-state index contributed by atoms with van der Waals surface area (Å²) < 4.78 is 5.43. The van der Waals surface area contributed by atoms with Crippen molar-refractivity contribution in [2.75, 3.05) is 6.61 Å². The summed E-state index contributed by atoms with van der Waals surface area (Å²) in [5, 5.41) is 18.2. The molecule has 2 rings (SSSR count). The third-order valence-electron chi connectivity index (χ3n) is 2.54. The summed E-state index contributed by atoms with van der Waals surface area (Å²) in [6.07, 6.45) is 3.11. The van der Waals surface area contributed by atoms with Crippen LogP contribution in [-0.2, 0) is 0 Å². The summed E-state index contributed by atoms with van der Waals surface area (Å²) in [5.74, 6) is 0.782. The van der Waals surface area contributed by atoms with Crippen molar-refractivity contribution in [1.82, 2.24) is 4.98 Å². The van der Waals surface area contributed by atoms with Crippen molar-refractivity contribution in [2.24, 2.45) is 0 Å². The molecule has 0 spiro atoms. The zero-order valence-electron chi connectivity index (χ0n) is 10.1. The minimum Gasteiger partial charge on any atom is -0.494 e. The van der Waals surface area contributed by atoms with Gasteiger partial charge in [0.1, 0.15) is 5.75 Å². The van der Waals surface area contributed by atoms with Crippen LogP contribution in [0.4, 0.5) is 0 Å². The molecule has 1 aromatic heterocycles. The molecule has 0 amide bonds. The molecule has 0 unspecified atom stereocenters. The van der Waals surface area contributed by atoms with Crippen LogP contribution in [0.1, 0.15) is 6.92 Å². The first-order valence-electron chi connectivity index (χ1n) is 5.75. The van der Waals surface area contributed by atoms with Gasteiger partial charge in [-0.25, -0.2) is 0 Å². The topological polar surface area (TPSA) is 62.6 Å². The fourth-order valence-corrected chi connectivity index (χ4v) is 1.69. The summed E-state index contributed by atoms with van der Waals surface area (Å²) in [4.78, 5) is 4.00. The van der Waals surface area contributed by atoms with Gasteiger partial charge in [0.05, 0.1) is 6.61 Å². The Balaban J connectivity index is 2.35. The molecule has 5 heteroatoms. The van der Waals surface area contributed by atoms with Gasteiger partial charge in [0, 0.05) is 17.9 Å². The van der Waals surface area contributed by atoms with E-state index in [1.165, 1.54) is 6.20 Å². The molecular weight excluding hydrogens is 229 g/mol. The normalized spacial score (nSPS) is 10.2. The average Bonchev–Trinajstić information content (AvgIpc) is 2.39. The quantitative estimate of drug-likeness (QED) is 0.780. The van der Waals surface area contributed by atoms with Crippen molar-refractivity contribution in [3.63, 3.8) is 0 Å². The van der Waals surface area contributed by atoms with Crippen LogP contribution >= 0.6 is 0 Å². The number of hydrogen-bond donors (Lipinski definition) is 2. The number of hydrogen-bond acceptors (Lipinski definition) is 4. The molecule has 92 valence electrons. The third kappa shape index (κ3) is 2.88. The summed E-state index contributed by atoms with van der Waals surface area (Å²) in [6.45, 7) is 2.54. The maximum absolute atomic E-state index is 9.12. The summed E-state index contributed by atoms with van der Waals surface area (Å²) in [7, 11) is -1.51. The molecule has 1 heterocycles. The Morgan fingerprint density at radius 1 is 1.17 bits per heavy atom. The number of ether oxygens (including phenoxy) is 1. The van der Waals surface area contributed by atoms with Gasteiger partial charge in [0.15, 0.2) is 0 Å². The van der Waals surface area contributed by atoms with Crippen LogP contribution in [0, 0.1) is 0 Å². The lowest BCUT2D eigenvalue weighted by atomic mass is 9.80. The predicted octanol–water partition coefficient (Wildman–Crippen LogP) is 0.827. The van der Waals surface area contributed by atoms with Crippen molar-refractivity contribution in [3.8, 4) is 16.9 Å². The van der Waals surface area contributed by atoms with Crippen molar-refractivity contribution in [3.05, 3.63) is 42.7 Å². The molecule has 0 atom stereocenters. The van der Waals surface area contributed by atoms with E-state index in [1.54, 1.807) is 12.3 Å². The van der Waals surface area contributed by atoms with Gasteiger partial charge in [-0.3, -0.25) is 4.98 Å². The first-order valence-corrected chi connectivity index (χ1v) is 5.75. The van der Waals surface area contributed by atoms with E-state index >= 15 is 0 Å². The molecule has 0 aliphatic heterocycles. The molecule has 0 aliphatic rings. The molecule has 2 aromatic rings. The number of pyridine rings is 1. The van der Waals surface area contributed by atoms with Crippen LogP contribution in [0.5, 0.6) is 5.75 Å². The van der Waals surface area contributed by atoms with E-state index in [1.807, 2.05) is 31.2 Å². The second-order valence-electron chi connectivity index (χ2n) is 3.84. The highest BCUT2D eigenvalue weighted by Crippen LogP contribution is 2.22. The van der Waals surface area contributed by atoms with Crippen molar-refractivity contribution >= 4 is 12.6 Å². The van der Waals surface area contributed by atoms with Gasteiger partial charge in [0.2, 0.25) is 0 Å². The molecule has 4 nitrogen and oxygen atoms in total. The zero-order chi connectivity index (χ0) is 13.0. The zero-order valence-corrected chi connectivity index (χ0v) is 10.1. The summed E-state index contributed by atoms with van der Waals surface area (Å²) in [5.41, 5.74) is 2.12. The SMILES string of the molecule is CCOc1cccc(-c2cncc(B(O)O)c2)c1. The monoisotopic (exact) mass is 243 g/mol. The Bertz CT molecular complexity index is 531. The minimum atomic E-state index is -1.51. The largest absolute Gasteiger partial charge is 0.494 e. The molecular formula is C13H14BNO3. The minimum absolute atomic E-state index is 0.370. The maximum atomic E-state index is 9.12. The lowest BCUT2D eigenvalue weighted by molar-refractivity contribution is 0.340. The standard InChI is InChI=1S/C13H14BNO3/c1-2-18-13-5-3-4-10(7-13)11-6-12(14(16)17)9-15-8-11/h3-9,16-17H,2H2,1H3. The second kappa shape index (κ2) is 5.66. The molecule has 0 radical (unpaired) electrons. The van der Waals surface area contributed by atoms with Crippen LogP contribution in [0.25, 0.3) is 11.1 Å². The third-order valence-corrected chi connectivity index (χ3v) is 2.54. The second-order valence-corrected chi connectivity index (χ2v) is 3.84. The van der Waals surface area contributed by atoms with Crippen LogP contribution in [-0.4, -0.2) is 28.8 Å². The Kier molecular flexibility index (Phi) is 3.97. The molecule has 0 aliphatic carbocycles. The fourth-order valence-electron chi connectivity index (χ4n) is 1.69. The van der Waals surface area contributed by atoms with Gasteiger partial charge in [0.25, 0.3) is 0 Å². The highest BCUT2D eigenvalue weighted by Gasteiger charge is 2.12. The predicted molar refractivity (Wildman–Crippen MR) is 70.7 cm³/mol. The van der Waals surface area contributed by atoms with E-state index in [0.717, 1.165) is 16.9 Å². The highest BCUT2D eigenvalue weighted by atomic mass is 16.5. The molecule has 0 saturated heterocycles. The maximum Gasteiger partial charge on any atom is 0.490 e. The lowest BCUT2D eigenvalue weighted by Crippen LogP contribution is -2.30. The fraction of sp³-hybridized carbons (Fsp3) is 0.154. The van der Waals surface area contributed by atoms with E-state index in [-0.39, 0.29) is 0 Å². The summed E-state index contributed by atoms with van der Waals surface area (Å²) >= 11 is 0. The van der Waals surface area contributed by atoms with Gasteiger partial charge in [-0.05, 0) is 30.2 Å². The highest BCUT2D eigenvalue weighted by molar-refractivity contribution is 6.58. The van der Waals surface area contributed by atoms with Crippen LogP contribution in [0.15, 0.2) is 42.7 Å². The van der Waals surface area contributed by atoms with Crippen molar-refractivity contribution in [1.29, 1.82) is 0 Å². The first kappa shape index (κ1) is 12.6. The Morgan fingerprint density at radius 2 is 2.00 bits per heavy atom. The molecule has 2 N–H and O–H groups in total. The van der Waals surface area contributed by atoms with E-state index in [4.69, 9.17) is 14.8 Å². The van der Waals surface area contributed by atoms with Gasteiger partial charge < -0.3 is 14.8 Å². The molecule has 0 bridgehead atoms. The Morgan fingerprint density at radius 3 is 2.72 bits per heavy atom. The van der Waals surface area contributed by atoms with E-state index in [2.05, 4.69) is 4.98 Å². The smallest absolute Gasteiger partial charge is 0.490 e. The summed E-state index contributed by atoms with van der Waals surface area (Å²) in [6, 6.07) is 9.29. The Hall–Kier alpha value is -1.85. The van der Waals surface area contributed by atoms with E-state index in [9.17, 15) is 0 Å². The average molecular weight is 243 g/mol. The molecule has 1 aromatic carbocycles. The number of nitrogens with zero attached hydrogens (tertiary/aromatic N) is 1. The van der Waals surface area contributed by atoms with Crippen LogP contribution < -0.4 is 10.2 Å². The number of rotatable bonds is 4. The first-order chi connectivity index (χ1) is 8.70. The Labute approximate surface area is 106 Å². The van der Waals surface area contributed by atoms with Crippen molar-refractivity contribution in [2.45, 2.75) is 6.92 Å². The van der Waals surface area contributed by atoms with Crippen LogP contribution in [0.2, 0.25) is 0 Å². The lowest BCUT2D eigenvalue weighted by Gasteiger charge is -2.07. The molecule has 0 saturated carbocycles.